The molecule has 0 radical (unpaired) electrons. The molecule has 1 rings (SSSR count). The Labute approximate surface area is 97.6 Å². The van der Waals surface area contributed by atoms with Crippen molar-refractivity contribution < 1.29 is 9.15 Å². The van der Waals surface area contributed by atoms with Crippen LogP contribution in [0.5, 0.6) is 0 Å². The van der Waals surface area contributed by atoms with Crippen LogP contribution in [0, 0.1) is 0 Å². The van der Waals surface area contributed by atoms with E-state index < -0.39 is 0 Å². The van der Waals surface area contributed by atoms with Gasteiger partial charge in [-0.1, -0.05) is 0 Å². The molecule has 0 amide bonds. The molecular formula is C11H20ClNO2. The van der Waals surface area contributed by atoms with Gasteiger partial charge in [0.25, 0.3) is 0 Å². The van der Waals surface area contributed by atoms with E-state index in [0.29, 0.717) is 0 Å². The monoisotopic (exact) mass is 233 g/mol. The van der Waals surface area contributed by atoms with Crippen molar-refractivity contribution in [1.29, 1.82) is 0 Å². The van der Waals surface area contributed by atoms with E-state index in [1.165, 1.54) is 18.4 Å². The van der Waals surface area contributed by atoms with Crippen LogP contribution in [0.3, 0.4) is 0 Å². The zero-order valence-electron chi connectivity index (χ0n) is 9.20. The van der Waals surface area contributed by atoms with Crippen molar-refractivity contribution in [1.82, 2.24) is 5.32 Å². The fourth-order valence-electron chi connectivity index (χ4n) is 1.30. The maximum Gasteiger partial charge on any atom is 0.0947 e. The fourth-order valence-corrected chi connectivity index (χ4v) is 1.30. The summed E-state index contributed by atoms with van der Waals surface area (Å²) in [6, 6.07) is 1.98. The average Bonchev–Trinajstić information content (AvgIpc) is 2.69. The van der Waals surface area contributed by atoms with Crippen LogP contribution >= 0.6 is 12.4 Å². The normalized spacial score (nSPS) is 9.93. The van der Waals surface area contributed by atoms with Crippen molar-refractivity contribution in [2.45, 2.75) is 25.8 Å². The van der Waals surface area contributed by atoms with E-state index in [2.05, 4.69) is 5.32 Å². The van der Waals surface area contributed by atoms with Crippen LogP contribution in [0.1, 0.15) is 24.8 Å². The van der Waals surface area contributed by atoms with Gasteiger partial charge in [-0.2, -0.15) is 0 Å². The molecule has 0 saturated heterocycles. The third-order valence-corrected chi connectivity index (χ3v) is 2.11. The van der Waals surface area contributed by atoms with Crippen LogP contribution in [0.15, 0.2) is 23.0 Å². The number of rotatable bonds is 8. The Hall–Kier alpha value is -0.510. The number of hydrogen-bond donors (Lipinski definition) is 1. The Morgan fingerprint density at radius 1 is 1.33 bits per heavy atom. The number of methoxy groups -OCH3 is 1. The molecule has 0 saturated carbocycles. The standard InChI is InChI=1S/C11H19NO2.ClH/c1-13-7-4-2-3-6-12-9-11-5-8-14-10-11;/h5,8,10,12H,2-4,6-7,9H2,1H3;1H. The maximum atomic E-state index is 4.97. The summed E-state index contributed by atoms with van der Waals surface area (Å²) in [5, 5.41) is 3.36. The lowest BCUT2D eigenvalue weighted by Gasteiger charge is -2.02. The van der Waals surface area contributed by atoms with Gasteiger partial charge in [0.2, 0.25) is 0 Å². The molecule has 0 unspecified atom stereocenters. The molecule has 0 spiro atoms. The molecule has 0 aliphatic carbocycles. The minimum atomic E-state index is 0. The van der Waals surface area contributed by atoms with Gasteiger partial charge >= 0.3 is 0 Å². The second-order valence-corrected chi connectivity index (χ2v) is 3.36. The minimum Gasteiger partial charge on any atom is -0.472 e. The van der Waals surface area contributed by atoms with E-state index in [9.17, 15) is 0 Å². The highest BCUT2D eigenvalue weighted by Crippen LogP contribution is 1.99. The first-order chi connectivity index (χ1) is 6.93. The topological polar surface area (TPSA) is 34.4 Å². The van der Waals surface area contributed by atoms with Gasteiger partial charge < -0.3 is 14.5 Å². The van der Waals surface area contributed by atoms with Crippen LogP contribution in [-0.2, 0) is 11.3 Å². The summed E-state index contributed by atoms with van der Waals surface area (Å²) in [6.07, 6.45) is 7.07. The van der Waals surface area contributed by atoms with Crippen LogP contribution in [-0.4, -0.2) is 20.3 Å². The highest BCUT2D eigenvalue weighted by molar-refractivity contribution is 5.85. The van der Waals surface area contributed by atoms with E-state index in [1.54, 1.807) is 19.6 Å². The Morgan fingerprint density at radius 2 is 2.20 bits per heavy atom. The first kappa shape index (κ1) is 14.5. The molecule has 0 aliphatic rings. The molecule has 0 fully saturated rings. The van der Waals surface area contributed by atoms with Crippen molar-refractivity contribution in [2.75, 3.05) is 20.3 Å². The quantitative estimate of drug-likeness (QED) is 0.701. The van der Waals surface area contributed by atoms with E-state index >= 15 is 0 Å². The number of ether oxygens (including phenoxy) is 1. The third kappa shape index (κ3) is 7.42. The predicted octanol–water partition coefficient (Wildman–Crippen LogP) is 2.61. The number of nitrogens with one attached hydrogen (secondary N) is 1. The molecule has 0 atom stereocenters. The van der Waals surface area contributed by atoms with Gasteiger partial charge in [0.1, 0.15) is 0 Å². The number of halogens is 1. The van der Waals surface area contributed by atoms with Crippen LogP contribution in [0.2, 0.25) is 0 Å². The number of hydrogen-bond acceptors (Lipinski definition) is 3. The van der Waals surface area contributed by atoms with E-state index in [4.69, 9.17) is 9.15 Å². The lowest BCUT2D eigenvalue weighted by Crippen LogP contribution is -2.14. The molecule has 0 aliphatic heterocycles. The molecule has 3 nitrogen and oxygen atoms in total. The van der Waals surface area contributed by atoms with Gasteiger partial charge in [-0.05, 0) is 31.9 Å². The van der Waals surface area contributed by atoms with Crippen LogP contribution in [0.4, 0.5) is 0 Å². The average molecular weight is 234 g/mol. The van der Waals surface area contributed by atoms with Crippen molar-refractivity contribution in [3.63, 3.8) is 0 Å². The summed E-state index contributed by atoms with van der Waals surface area (Å²) in [4.78, 5) is 0. The molecular weight excluding hydrogens is 214 g/mol. The van der Waals surface area contributed by atoms with Gasteiger partial charge in [-0.25, -0.2) is 0 Å². The first-order valence-electron chi connectivity index (χ1n) is 5.14. The van der Waals surface area contributed by atoms with Crippen molar-refractivity contribution >= 4 is 12.4 Å². The Morgan fingerprint density at radius 3 is 2.87 bits per heavy atom. The summed E-state index contributed by atoms with van der Waals surface area (Å²) in [5.41, 5.74) is 1.21. The highest BCUT2D eigenvalue weighted by Gasteiger charge is 1.93. The van der Waals surface area contributed by atoms with Gasteiger partial charge in [0.05, 0.1) is 12.5 Å². The largest absolute Gasteiger partial charge is 0.472 e. The Balaban J connectivity index is 0.00000196. The Kier molecular flexibility index (Phi) is 9.68. The van der Waals surface area contributed by atoms with Crippen molar-refractivity contribution in [3.8, 4) is 0 Å². The smallest absolute Gasteiger partial charge is 0.0947 e. The lowest BCUT2D eigenvalue weighted by molar-refractivity contribution is 0.192. The van der Waals surface area contributed by atoms with Gasteiger partial charge in [0, 0.05) is 25.8 Å². The maximum absolute atomic E-state index is 4.97. The molecule has 0 bridgehead atoms. The first-order valence-corrected chi connectivity index (χ1v) is 5.14. The second kappa shape index (κ2) is 10.0. The lowest BCUT2D eigenvalue weighted by atomic mass is 10.2. The molecule has 88 valence electrons. The van der Waals surface area contributed by atoms with E-state index in [-0.39, 0.29) is 12.4 Å². The molecule has 0 aromatic carbocycles. The molecule has 1 heterocycles. The Bertz CT molecular complexity index is 214. The second-order valence-electron chi connectivity index (χ2n) is 3.36. The number of unbranched alkanes of at least 4 members (excludes halogenated alkanes) is 2. The van der Waals surface area contributed by atoms with Crippen LogP contribution < -0.4 is 5.32 Å². The van der Waals surface area contributed by atoms with E-state index in [0.717, 1.165) is 26.1 Å². The van der Waals surface area contributed by atoms with Crippen LogP contribution in [0.25, 0.3) is 0 Å². The fraction of sp³-hybridized carbons (Fsp3) is 0.636. The summed E-state index contributed by atoms with van der Waals surface area (Å²) < 4.78 is 9.94. The number of furan rings is 1. The molecule has 15 heavy (non-hydrogen) atoms. The molecule has 1 aromatic rings. The minimum absolute atomic E-state index is 0. The molecule has 1 aromatic heterocycles. The SMILES string of the molecule is COCCCCCNCc1ccoc1.Cl. The van der Waals surface area contributed by atoms with Gasteiger partial charge in [-0.15, -0.1) is 12.4 Å². The highest BCUT2D eigenvalue weighted by atomic mass is 35.5. The molecule has 4 heteroatoms. The summed E-state index contributed by atoms with van der Waals surface area (Å²) in [5.74, 6) is 0. The van der Waals surface area contributed by atoms with Crippen molar-refractivity contribution in [3.05, 3.63) is 24.2 Å². The summed E-state index contributed by atoms with van der Waals surface area (Å²) >= 11 is 0. The summed E-state index contributed by atoms with van der Waals surface area (Å²) in [6.45, 7) is 2.84. The predicted molar refractivity (Wildman–Crippen MR) is 63.4 cm³/mol. The van der Waals surface area contributed by atoms with E-state index in [1.807, 2.05) is 6.07 Å². The molecule has 1 N–H and O–H groups in total. The van der Waals surface area contributed by atoms with Crippen molar-refractivity contribution in [2.24, 2.45) is 0 Å². The van der Waals surface area contributed by atoms with Gasteiger partial charge in [-0.3, -0.25) is 0 Å². The third-order valence-electron chi connectivity index (χ3n) is 2.11. The zero-order chi connectivity index (χ0) is 10.1. The zero-order valence-corrected chi connectivity index (χ0v) is 10.0. The van der Waals surface area contributed by atoms with Gasteiger partial charge in [0.15, 0.2) is 0 Å². The summed E-state index contributed by atoms with van der Waals surface area (Å²) in [7, 11) is 1.75.